The normalized spacial score (nSPS) is 12.0. The van der Waals surface area contributed by atoms with Gasteiger partial charge in [0, 0.05) is 6.42 Å². The Morgan fingerprint density at radius 3 is 2.26 bits per heavy atom. The summed E-state index contributed by atoms with van der Waals surface area (Å²) in [5, 5.41) is 4.12. The van der Waals surface area contributed by atoms with Crippen molar-refractivity contribution in [2.75, 3.05) is 0 Å². The van der Waals surface area contributed by atoms with E-state index in [9.17, 15) is 8.42 Å². The topological polar surface area (TPSA) is 58.5 Å². The van der Waals surface area contributed by atoms with Gasteiger partial charge in [-0.25, -0.2) is 0 Å². The van der Waals surface area contributed by atoms with Crippen LogP contribution in [0.4, 0.5) is 0 Å². The maximum atomic E-state index is 12.3. The Morgan fingerprint density at radius 1 is 1.09 bits per heavy atom. The summed E-state index contributed by atoms with van der Waals surface area (Å²) in [6.07, 6.45) is 0.500. The van der Waals surface area contributed by atoms with Crippen LogP contribution >= 0.6 is 0 Å². The molecular formula is C18H20N2O2S. The number of hydrogen-bond acceptors (Lipinski definition) is 3. The molecule has 5 heteroatoms. The van der Waals surface area contributed by atoms with Gasteiger partial charge in [-0.05, 0) is 31.5 Å². The van der Waals surface area contributed by atoms with E-state index in [-0.39, 0.29) is 4.90 Å². The lowest BCUT2D eigenvalue weighted by Gasteiger charge is -2.09. The lowest BCUT2D eigenvalue weighted by Crippen LogP contribution is -2.20. The molecule has 4 nitrogen and oxygen atoms in total. The molecule has 2 aromatic carbocycles. The summed E-state index contributed by atoms with van der Waals surface area (Å²) in [7, 11) is -3.68. The largest absolute Gasteiger partial charge is 0.276 e. The van der Waals surface area contributed by atoms with E-state index in [1.54, 1.807) is 24.3 Å². The van der Waals surface area contributed by atoms with Gasteiger partial charge in [0.25, 0.3) is 10.0 Å². The lowest BCUT2D eigenvalue weighted by molar-refractivity contribution is 0.584. The predicted molar refractivity (Wildman–Crippen MR) is 93.9 cm³/mol. The lowest BCUT2D eigenvalue weighted by atomic mass is 10.0. The second-order valence-electron chi connectivity index (χ2n) is 5.47. The predicted octanol–water partition coefficient (Wildman–Crippen LogP) is 3.64. The van der Waals surface area contributed by atoms with Crippen LogP contribution < -0.4 is 4.83 Å². The molecule has 0 aliphatic carbocycles. The molecule has 0 saturated carbocycles. The van der Waals surface area contributed by atoms with Gasteiger partial charge >= 0.3 is 0 Å². The zero-order valence-corrected chi connectivity index (χ0v) is 14.1. The standard InChI is InChI=1S/C18H20N2O2S/c1-14(2)13-18(16-7-5-4-6-8-16)19-20-23(21,22)17-11-9-15(3)10-12-17/h4-12,20H,1,13H2,2-3H3/b19-18+. The summed E-state index contributed by atoms with van der Waals surface area (Å²) in [6, 6.07) is 16.1. The van der Waals surface area contributed by atoms with Crippen LogP contribution in [0.1, 0.15) is 24.5 Å². The molecular weight excluding hydrogens is 308 g/mol. The molecule has 0 aliphatic rings. The van der Waals surface area contributed by atoms with Crippen molar-refractivity contribution in [3.8, 4) is 0 Å². The molecule has 2 aromatic rings. The Hall–Kier alpha value is -2.40. The highest BCUT2D eigenvalue weighted by molar-refractivity contribution is 7.89. The van der Waals surface area contributed by atoms with E-state index < -0.39 is 10.0 Å². The van der Waals surface area contributed by atoms with Gasteiger partial charge in [-0.1, -0.05) is 60.2 Å². The van der Waals surface area contributed by atoms with Crippen molar-refractivity contribution < 1.29 is 8.42 Å². The molecule has 0 aromatic heterocycles. The molecule has 0 radical (unpaired) electrons. The van der Waals surface area contributed by atoms with Crippen molar-refractivity contribution in [1.29, 1.82) is 0 Å². The third-order valence-electron chi connectivity index (χ3n) is 3.21. The molecule has 0 atom stereocenters. The molecule has 0 amide bonds. The fourth-order valence-corrected chi connectivity index (χ4v) is 2.84. The van der Waals surface area contributed by atoms with Crippen LogP contribution in [0, 0.1) is 6.92 Å². The molecule has 0 fully saturated rings. The number of rotatable bonds is 6. The van der Waals surface area contributed by atoms with Crippen molar-refractivity contribution in [2.24, 2.45) is 5.10 Å². The average Bonchev–Trinajstić information content (AvgIpc) is 2.52. The van der Waals surface area contributed by atoms with Crippen LogP contribution in [0.15, 0.2) is 76.7 Å². The third kappa shape index (κ3) is 4.79. The first kappa shape index (κ1) is 17.0. The van der Waals surface area contributed by atoms with Crippen LogP contribution in [0.5, 0.6) is 0 Å². The van der Waals surface area contributed by atoms with E-state index in [1.807, 2.05) is 44.2 Å². The first-order valence-corrected chi connectivity index (χ1v) is 8.71. The molecule has 0 bridgehead atoms. The van der Waals surface area contributed by atoms with Crippen molar-refractivity contribution in [3.05, 3.63) is 77.9 Å². The molecule has 0 aliphatic heterocycles. The summed E-state index contributed by atoms with van der Waals surface area (Å²) in [5.74, 6) is 0. The van der Waals surface area contributed by atoms with Crippen molar-refractivity contribution in [1.82, 2.24) is 4.83 Å². The van der Waals surface area contributed by atoms with Gasteiger partial charge in [-0.15, -0.1) is 0 Å². The minimum absolute atomic E-state index is 0.189. The molecule has 0 saturated heterocycles. The van der Waals surface area contributed by atoms with Gasteiger partial charge in [0.2, 0.25) is 0 Å². The number of nitrogens with zero attached hydrogens (tertiary/aromatic N) is 1. The van der Waals surface area contributed by atoms with Crippen molar-refractivity contribution in [2.45, 2.75) is 25.2 Å². The van der Waals surface area contributed by atoms with E-state index >= 15 is 0 Å². The number of nitrogens with one attached hydrogen (secondary N) is 1. The summed E-state index contributed by atoms with van der Waals surface area (Å²) >= 11 is 0. The van der Waals surface area contributed by atoms with E-state index in [4.69, 9.17) is 0 Å². The van der Waals surface area contributed by atoms with E-state index in [0.717, 1.165) is 16.7 Å². The first-order valence-electron chi connectivity index (χ1n) is 7.23. The highest BCUT2D eigenvalue weighted by Crippen LogP contribution is 2.12. The maximum Gasteiger partial charge on any atom is 0.276 e. The van der Waals surface area contributed by atoms with E-state index in [1.165, 1.54) is 0 Å². The van der Waals surface area contributed by atoms with Crippen LogP contribution in [0.3, 0.4) is 0 Å². The van der Waals surface area contributed by atoms with Crippen LogP contribution in [-0.2, 0) is 10.0 Å². The minimum atomic E-state index is -3.68. The zero-order valence-electron chi connectivity index (χ0n) is 13.3. The smallest absolute Gasteiger partial charge is 0.200 e. The Morgan fingerprint density at radius 2 is 1.70 bits per heavy atom. The average molecular weight is 328 g/mol. The van der Waals surface area contributed by atoms with Crippen LogP contribution in [0.2, 0.25) is 0 Å². The second-order valence-corrected chi connectivity index (χ2v) is 7.13. The number of hydrazone groups is 1. The highest BCUT2D eigenvalue weighted by atomic mass is 32.2. The maximum absolute atomic E-state index is 12.3. The number of benzene rings is 2. The molecule has 0 spiro atoms. The number of sulfonamides is 1. The summed E-state index contributed by atoms with van der Waals surface area (Å²) in [6.45, 7) is 7.66. The number of hydrogen-bond donors (Lipinski definition) is 1. The van der Waals surface area contributed by atoms with Gasteiger partial charge in [0.05, 0.1) is 10.6 Å². The van der Waals surface area contributed by atoms with Crippen molar-refractivity contribution >= 4 is 15.7 Å². The van der Waals surface area contributed by atoms with Gasteiger partial charge in [-0.3, -0.25) is 0 Å². The highest BCUT2D eigenvalue weighted by Gasteiger charge is 2.13. The zero-order chi connectivity index (χ0) is 16.9. The fourth-order valence-electron chi connectivity index (χ4n) is 2.01. The third-order valence-corrected chi connectivity index (χ3v) is 4.43. The molecule has 120 valence electrons. The quantitative estimate of drug-likeness (QED) is 0.500. The van der Waals surface area contributed by atoms with Gasteiger partial charge < -0.3 is 0 Å². The van der Waals surface area contributed by atoms with Gasteiger partial charge in [0.1, 0.15) is 0 Å². The fraction of sp³-hybridized carbons (Fsp3) is 0.167. The SMILES string of the molecule is C=C(C)C/C(=N\NS(=O)(=O)c1ccc(C)cc1)c1ccccc1. The molecule has 0 unspecified atom stereocenters. The number of allylic oxidation sites excluding steroid dienone is 1. The molecule has 23 heavy (non-hydrogen) atoms. The minimum Gasteiger partial charge on any atom is -0.200 e. The monoisotopic (exact) mass is 328 g/mol. The Balaban J connectivity index is 2.29. The Bertz CT molecular complexity index is 808. The van der Waals surface area contributed by atoms with Crippen molar-refractivity contribution in [3.63, 3.8) is 0 Å². The van der Waals surface area contributed by atoms with E-state index in [0.29, 0.717) is 12.1 Å². The Labute approximate surface area is 137 Å². The molecule has 2 rings (SSSR count). The van der Waals surface area contributed by atoms with E-state index in [2.05, 4.69) is 16.5 Å². The summed E-state index contributed by atoms with van der Waals surface area (Å²) < 4.78 is 24.6. The molecule has 1 N–H and O–H groups in total. The summed E-state index contributed by atoms with van der Waals surface area (Å²) in [5.41, 5.74) is 3.40. The summed E-state index contributed by atoms with van der Waals surface area (Å²) in [4.78, 5) is 2.51. The van der Waals surface area contributed by atoms with Gasteiger partial charge in [0.15, 0.2) is 0 Å². The Kier molecular flexibility index (Phi) is 5.34. The van der Waals surface area contributed by atoms with Crippen LogP contribution in [0.25, 0.3) is 0 Å². The number of aryl methyl sites for hydroxylation is 1. The van der Waals surface area contributed by atoms with Crippen LogP contribution in [-0.4, -0.2) is 14.1 Å². The second kappa shape index (κ2) is 7.24. The van der Waals surface area contributed by atoms with Gasteiger partial charge in [-0.2, -0.15) is 18.4 Å². The first-order chi connectivity index (χ1) is 10.9. The molecule has 0 heterocycles.